The SMILES string of the molecule is COc1ccc(N2CC[NH+]([C@@H](C)C(=O)Nc3cccc(OC)c3)CC2)cc1. The number of methoxy groups -OCH3 is 2. The van der Waals surface area contributed by atoms with Crippen LogP contribution in [0.3, 0.4) is 0 Å². The lowest BCUT2D eigenvalue weighted by atomic mass is 10.2. The lowest BCUT2D eigenvalue weighted by Gasteiger charge is -2.36. The first-order valence-electron chi connectivity index (χ1n) is 9.29. The van der Waals surface area contributed by atoms with E-state index in [9.17, 15) is 4.79 Å². The third-order valence-electron chi connectivity index (χ3n) is 5.19. The van der Waals surface area contributed by atoms with Crippen molar-refractivity contribution in [1.82, 2.24) is 0 Å². The molecule has 0 aromatic heterocycles. The van der Waals surface area contributed by atoms with Crippen molar-refractivity contribution in [2.75, 3.05) is 50.6 Å². The smallest absolute Gasteiger partial charge is 0.282 e. The van der Waals surface area contributed by atoms with Gasteiger partial charge in [0.2, 0.25) is 0 Å². The van der Waals surface area contributed by atoms with Gasteiger partial charge in [0.25, 0.3) is 5.91 Å². The zero-order valence-corrected chi connectivity index (χ0v) is 16.2. The molecule has 1 fully saturated rings. The van der Waals surface area contributed by atoms with Gasteiger partial charge in [0.1, 0.15) is 11.5 Å². The maximum atomic E-state index is 12.6. The Bertz CT molecular complexity index is 756. The highest BCUT2D eigenvalue weighted by atomic mass is 16.5. The van der Waals surface area contributed by atoms with Crippen LogP contribution in [-0.4, -0.2) is 52.3 Å². The average Bonchev–Trinajstić information content (AvgIpc) is 2.73. The van der Waals surface area contributed by atoms with E-state index in [0.29, 0.717) is 0 Å². The largest absolute Gasteiger partial charge is 0.497 e. The fourth-order valence-electron chi connectivity index (χ4n) is 3.41. The molecule has 0 radical (unpaired) electrons. The molecular weight excluding hydrogens is 342 g/mol. The fourth-order valence-corrected chi connectivity index (χ4v) is 3.41. The van der Waals surface area contributed by atoms with E-state index in [-0.39, 0.29) is 11.9 Å². The number of benzene rings is 2. The highest BCUT2D eigenvalue weighted by Gasteiger charge is 2.29. The number of piperazine rings is 1. The molecule has 0 aliphatic carbocycles. The van der Waals surface area contributed by atoms with Crippen molar-refractivity contribution in [1.29, 1.82) is 0 Å². The molecule has 1 aliphatic heterocycles. The van der Waals surface area contributed by atoms with Crippen molar-refractivity contribution in [3.63, 3.8) is 0 Å². The van der Waals surface area contributed by atoms with E-state index in [2.05, 4.69) is 22.3 Å². The van der Waals surface area contributed by atoms with E-state index >= 15 is 0 Å². The van der Waals surface area contributed by atoms with Crippen LogP contribution in [0.5, 0.6) is 11.5 Å². The molecule has 1 heterocycles. The topological polar surface area (TPSA) is 55.2 Å². The highest BCUT2D eigenvalue weighted by Crippen LogP contribution is 2.19. The van der Waals surface area contributed by atoms with E-state index in [1.807, 2.05) is 43.3 Å². The number of carbonyl (C=O) groups excluding carboxylic acids is 1. The Morgan fingerprint density at radius 1 is 1.04 bits per heavy atom. The molecular formula is C21H28N3O3+. The van der Waals surface area contributed by atoms with E-state index in [4.69, 9.17) is 9.47 Å². The van der Waals surface area contributed by atoms with Gasteiger partial charge in [-0.2, -0.15) is 0 Å². The summed E-state index contributed by atoms with van der Waals surface area (Å²) in [6.45, 7) is 5.71. The van der Waals surface area contributed by atoms with Crippen molar-refractivity contribution in [3.8, 4) is 11.5 Å². The molecule has 1 aliphatic rings. The van der Waals surface area contributed by atoms with Crippen LogP contribution in [0.15, 0.2) is 48.5 Å². The zero-order valence-electron chi connectivity index (χ0n) is 16.2. The van der Waals surface area contributed by atoms with Crippen LogP contribution >= 0.6 is 0 Å². The van der Waals surface area contributed by atoms with E-state index in [1.165, 1.54) is 10.6 Å². The van der Waals surface area contributed by atoms with Crippen molar-refractivity contribution >= 4 is 17.3 Å². The molecule has 6 nitrogen and oxygen atoms in total. The molecule has 0 spiro atoms. The Morgan fingerprint density at radius 3 is 2.33 bits per heavy atom. The molecule has 0 unspecified atom stereocenters. The first-order chi connectivity index (χ1) is 13.1. The Labute approximate surface area is 160 Å². The summed E-state index contributed by atoms with van der Waals surface area (Å²) in [5, 5.41) is 3.00. The van der Waals surface area contributed by atoms with Gasteiger partial charge in [0, 0.05) is 17.4 Å². The number of nitrogens with one attached hydrogen (secondary N) is 2. The van der Waals surface area contributed by atoms with Gasteiger partial charge in [-0.25, -0.2) is 0 Å². The lowest BCUT2D eigenvalue weighted by Crippen LogP contribution is -3.19. The Balaban J connectivity index is 1.54. The first-order valence-corrected chi connectivity index (χ1v) is 9.29. The summed E-state index contributed by atoms with van der Waals surface area (Å²) in [6.07, 6.45) is 0. The van der Waals surface area contributed by atoms with Gasteiger partial charge in [-0.15, -0.1) is 0 Å². The standard InChI is InChI=1S/C21H27N3O3/c1-16(21(25)22-17-5-4-6-20(15-17)27-3)23-11-13-24(14-12-23)18-7-9-19(26-2)10-8-18/h4-10,15-16H,11-14H2,1-3H3,(H,22,25)/p+1/t16-/m0/s1. The number of carbonyl (C=O) groups is 1. The summed E-state index contributed by atoms with van der Waals surface area (Å²) in [5.41, 5.74) is 1.96. The van der Waals surface area contributed by atoms with Gasteiger partial charge < -0.3 is 24.6 Å². The molecule has 1 saturated heterocycles. The minimum atomic E-state index is -0.103. The predicted octanol–water partition coefficient (Wildman–Crippen LogP) is 1.44. The van der Waals surface area contributed by atoms with Crippen molar-refractivity contribution in [2.45, 2.75) is 13.0 Å². The van der Waals surface area contributed by atoms with Crippen molar-refractivity contribution in [3.05, 3.63) is 48.5 Å². The molecule has 2 N–H and O–H groups in total. The third-order valence-corrected chi connectivity index (χ3v) is 5.19. The average molecular weight is 370 g/mol. The van der Waals surface area contributed by atoms with Gasteiger partial charge in [-0.05, 0) is 43.3 Å². The van der Waals surface area contributed by atoms with Crippen LogP contribution in [0.4, 0.5) is 11.4 Å². The number of hydrogen-bond donors (Lipinski definition) is 2. The summed E-state index contributed by atoms with van der Waals surface area (Å²) in [4.78, 5) is 16.3. The Kier molecular flexibility index (Phi) is 6.19. The summed E-state index contributed by atoms with van der Waals surface area (Å²) >= 11 is 0. The normalized spacial score (nSPS) is 15.9. The van der Waals surface area contributed by atoms with E-state index in [0.717, 1.165) is 43.4 Å². The lowest BCUT2D eigenvalue weighted by molar-refractivity contribution is -0.914. The van der Waals surface area contributed by atoms with Gasteiger partial charge in [-0.1, -0.05) is 6.07 Å². The van der Waals surface area contributed by atoms with Gasteiger partial charge in [-0.3, -0.25) is 4.79 Å². The number of rotatable bonds is 6. The molecule has 2 aromatic rings. The summed E-state index contributed by atoms with van der Waals surface area (Å²) in [5.74, 6) is 1.64. The summed E-state index contributed by atoms with van der Waals surface area (Å²) in [6, 6.07) is 15.5. The van der Waals surface area contributed by atoms with Crippen LogP contribution in [-0.2, 0) is 4.79 Å². The van der Waals surface area contributed by atoms with Gasteiger partial charge in [0.15, 0.2) is 6.04 Å². The Hall–Kier alpha value is -2.73. The van der Waals surface area contributed by atoms with Gasteiger partial charge in [0.05, 0.1) is 40.4 Å². The van der Waals surface area contributed by atoms with Crippen LogP contribution in [0.25, 0.3) is 0 Å². The minimum Gasteiger partial charge on any atom is -0.497 e. The number of ether oxygens (including phenoxy) is 2. The first kappa shape index (κ1) is 19.0. The number of nitrogens with zero attached hydrogens (tertiary/aromatic N) is 1. The molecule has 144 valence electrons. The van der Waals surface area contributed by atoms with Crippen molar-refractivity contribution in [2.24, 2.45) is 0 Å². The van der Waals surface area contributed by atoms with Crippen LogP contribution in [0.1, 0.15) is 6.92 Å². The number of anilines is 2. The fraction of sp³-hybridized carbons (Fsp3) is 0.381. The third kappa shape index (κ3) is 4.71. The second kappa shape index (κ2) is 8.77. The van der Waals surface area contributed by atoms with Crippen LogP contribution < -0.4 is 24.6 Å². The molecule has 0 bridgehead atoms. The quantitative estimate of drug-likeness (QED) is 0.808. The maximum Gasteiger partial charge on any atom is 0.282 e. The second-order valence-corrected chi connectivity index (χ2v) is 6.79. The molecule has 2 aromatic carbocycles. The number of amides is 1. The molecule has 1 amide bonds. The molecule has 6 heteroatoms. The number of quaternary nitrogens is 1. The predicted molar refractivity (Wildman–Crippen MR) is 107 cm³/mol. The van der Waals surface area contributed by atoms with E-state index < -0.39 is 0 Å². The second-order valence-electron chi connectivity index (χ2n) is 6.79. The molecule has 3 rings (SSSR count). The van der Waals surface area contributed by atoms with Crippen LogP contribution in [0, 0.1) is 0 Å². The number of hydrogen-bond acceptors (Lipinski definition) is 4. The van der Waals surface area contributed by atoms with Crippen LogP contribution in [0.2, 0.25) is 0 Å². The highest BCUT2D eigenvalue weighted by molar-refractivity contribution is 5.93. The summed E-state index contributed by atoms with van der Waals surface area (Å²) in [7, 11) is 3.30. The monoisotopic (exact) mass is 370 g/mol. The molecule has 1 atom stereocenters. The molecule has 27 heavy (non-hydrogen) atoms. The summed E-state index contributed by atoms with van der Waals surface area (Å²) < 4.78 is 10.4. The Morgan fingerprint density at radius 2 is 1.70 bits per heavy atom. The van der Waals surface area contributed by atoms with Crippen molar-refractivity contribution < 1.29 is 19.2 Å². The zero-order chi connectivity index (χ0) is 19.2. The minimum absolute atomic E-state index is 0.0381. The van der Waals surface area contributed by atoms with Gasteiger partial charge >= 0.3 is 0 Å². The molecule has 0 saturated carbocycles. The maximum absolute atomic E-state index is 12.6. The van der Waals surface area contributed by atoms with E-state index in [1.54, 1.807) is 14.2 Å².